The minimum atomic E-state index is 0.0139. The highest BCUT2D eigenvalue weighted by molar-refractivity contribution is 5.44. The van der Waals surface area contributed by atoms with Gasteiger partial charge >= 0.3 is 0 Å². The molecular formula is C13H19N. The third kappa shape index (κ3) is 1.46. The highest BCUT2D eigenvalue weighted by Gasteiger charge is 2.41. The Morgan fingerprint density at radius 2 is 1.93 bits per heavy atom. The highest BCUT2D eigenvalue weighted by Crippen LogP contribution is 2.44. The van der Waals surface area contributed by atoms with Gasteiger partial charge < -0.3 is 5.73 Å². The molecule has 1 aliphatic carbocycles. The first-order valence-electron chi connectivity index (χ1n) is 5.46. The topological polar surface area (TPSA) is 26.0 Å². The molecule has 0 amide bonds. The molecule has 1 aromatic carbocycles. The lowest BCUT2D eigenvalue weighted by atomic mass is 9.93. The van der Waals surface area contributed by atoms with Crippen LogP contribution in [0.3, 0.4) is 0 Å². The van der Waals surface area contributed by atoms with Crippen LogP contribution in [0.15, 0.2) is 12.1 Å². The number of hydrogen-bond donors (Lipinski definition) is 1. The largest absolute Gasteiger partial charge is 0.321 e. The van der Waals surface area contributed by atoms with Crippen molar-refractivity contribution in [3.8, 4) is 0 Å². The Morgan fingerprint density at radius 3 is 2.43 bits per heavy atom. The minimum absolute atomic E-state index is 0.0139. The van der Waals surface area contributed by atoms with E-state index in [1.54, 1.807) is 0 Å². The number of aryl methyl sites for hydroxylation is 2. The molecule has 0 spiro atoms. The molecule has 2 rings (SSSR count). The first-order chi connectivity index (χ1) is 6.57. The number of hydrogen-bond acceptors (Lipinski definition) is 1. The van der Waals surface area contributed by atoms with Crippen LogP contribution in [0.5, 0.6) is 0 Å². The zero-order valence-corrected chi connectivity index (χ0v) is 9.35. The lowest BCUT2D eigenvalue weighted by Crippen LogP contribution is -2.20. The number of nitrogens with two attached hydrogens (primary N) is 1. The molecule has 0 aliphatic heterocycles. The van der Waals surface area contributed by atoms with Crippen molar-refractivity contribution in [2.75, 3.05) is 0 Å². The van der Waals surface area contributed by atoms with Crippen LogP contribution >= 0.6 is 0 Å². The Hall–Kier alpha value is -0.820. The van der Waals surface area contributed by atoms with E-state index in [0.717, 1.165) is 19.3 Å². The van der Waals surface area contributed by atoms with Crippen molar-refractivity contribution < 1.29 is 0 Å². The maximum absolute atomic E-state index is 6.26. The van der Waals surface area contributed by atoms with Gasteiger partial charge in [0.25, 0.3) is 0 Å². The molecule has 1 heteroatoms. The summed E-state index contributed by atoms with van der Waals surface area (Å²) in [5.74, 6) is 0. The summed E-state index contributed by atoms with van der Waals surface area (Å²) in [6.45, 7) is 6.57. The fraction of sp³-hybridized carbons (Fsp3) is 0.538. The van der Waals surface area contributed by atoms with E-state index < -0.39 is 0 Å². The monoisotopic (exact) mass is 189 g/mol. The van der Waals surface area contributed by atoms with E-state index in [2.05, 4.69) is 32.9 Å². The van der Waals surface area contributed by atoms with Crippen LogP contribution < -0.4 is 5.73 Å². The lowest BCUT2D eigenvalue weighted by molar-refractivity contribution is 0.729. The standard InChI is InChI=1S/C13H19N/c1-4-11-7-9(2)10(3)12(8-11)13(14)5-6-13/h7-8H,4-6,14H2,1-3H3. The second kappa shape index (κ2) is 3.09. The van der Waals surface area contributed by atoms with E-state index >= 15 is 0 Å². The predicted octanol–water partition coefficient (Wildman–Crippen LogP) is 2.81. The molecule has 0 bridgehead atoms. The van der Waals surface area contributed by atoms with Crippen LogP contribution in [0.25, 0.3) is 0 Å². The molecule has 0 saturated heterocycles. The molecule has 0 unspecified atom stereocenters. The van der Waals surface area contributed by atoms with Gasteiger partial charge in [0.05, 0.1) is 0 Å². The molecule has 1 aromatic rings. The van der Waals surface area contributed by atoms with Gasteiger partial charge in [-0.05, 0) is 55.4 Å². The zero-order chi connectivity index (χ0) is 10.3. The van der Waals surface area contributed by atoms with Gasteiger partial charge in [0.2, 0.25) is 0 Å². The molecule has 1 nitrogen and oxygen atoms in total. The third-order valence-electron chi connectivity index (χ3n) is 3.46. The van der Waals surface area contributed by atoms with Gasteiger partial charge in [-0.25, -0.2) is 0 Å². The predicted molar refractivity (Wildman–Crippen MR) is 60.4 cm³/mol. The third-order valence-corrected chi connectivity index (χ3v) is 3.46. The first kappa shape index (κ1) is 9.72. The lowest BCUT2D eigenvalue weighted by Gasteiger charge is -2.16. The molecule has 0 atom stereocenters. The van der Waals surface area contributed by atoms with E-state index in [-0.39, 0.29) is 5.54 Å². The summed E-state index contributed by atoms with van der Waals surface area (Å²) < 4.78 is 0. The molecule has 0 aromatic heterocycles. The zero-order valence-electron chi connectivity index (χ0n) is 9.35. The van der Waals surface area contributed by atoms with Crippen LogP contribution in [-0.4, -0.2) is 0 Å². The summed E-state index contributed by atoms with van der Waals surface area (Å²) in [7, 11) is 0. The summed E-state index contributed by atoms with van der Waals surface area (Å²) in [4.78, 5) is 0. The summed E-state index contributed by atoms with van der Waals surface area (Å²) in [5, 5.41) is 0. The van der Waals surface area contributed by atoms with Crippen molar-refractivity contribution in [1.29, 1.82) is 0 Å². The van der Waals surface area contributed by atoms with Gasteiger partial charge in [-0.15, -0.1) is 0 Å². The van der Waals surface area contributed by atoms with E-state index in [0.29, 0.717) is 0 Å². The molecule has 1 aliphatic rings. The van der Waals surface area contributed by atoms with E-state index in [4.69, 9.17) is 5.73 Å². The Balaban J connectivity index is 2.52. The Kier molecular flexibility index (Phi) is 2.15. The molecule has 14 heavy (non-hydrogen) atoms. The van der Waals surface area contributed by atoms with Crippen LogP contribution in [0.1, 0.15) is 42.0 Å². The normalized spacial score (nSPS) is 18.3. The average molecular weight is 189 g/mol. The van der Waals surface area contributed by atoms with Crippen LogP contribution in [0.4, 0.5) is 0 Å². The average Bonchev–Trinajstić information content (AvgIpc) is 2.89. The molecular weight excluding hydrogens is 170 g/mol. The summed E-state index contributed by atoms with van der Waals surface area (Å²) in [6.07, 6.45) is 3.41. The molecule has 76 valence electrons. The maximum Gasteiger partial charge on any atom is 0.0414 e. The van der Waals surface area contributed by atoms with Crippen LogP contribution in [0, 0.1) is 13.8 Å². The van der Waals surface area contributed by atoms with E-state index in [1.807, 2.05) is 0 Å². The minimum Gasteiger partial charge on any atom is -0.321 e. The second-order valence-corrected chi connectivity index (χ2v) is 4.59. The number of rotatable bonds is 2. The van der Waals surface area contributed by atoms with Gasteiger partial charge in [-0.2, -0.15) is 0 Å². The second-order valence-electron chi connectivity index (χ2n) is 4.59. The smallest absolute Gasteiger partial charge is 0.0414 e. The first-order valence-corrected chi connectivity index (χ1v) is 5.46. The SMILES string of the molecule is CCc1cc(C)c(C)c(C2(N)CC2)c1. The summed E-state index contributed by atoms with van der Waals surface area (Å²) >= 11 is 0. The molecule has 2 N–H and O–H groups in total. The highest BCUT2D eigenvalue weighted by atomic mass is 14.8. The quantitative estimate of drug-likeness (QED) is 0.760. The van der Waals surface area contributed by atoms with Crippen molar-refractivity contribution in [3.63, 3.8) is 0 Å². The fourth-order valence-corrected chi connectivity index (χ4v) is 2.06. The van der Waals surface area contributed by atoms with Crippen molar-refractivity contribution in [3.05, 3.63) is 34.4 Å². The Bertz CT molecular complexity index is 362. The van der Waals surface area contributed by atoms with Crippen molar-refractivity contribution in [2.24, 2.45) is 5.73 Å². The van der Waals surface area contributed by atoms with Crippen molar-refractivity contribution >= 4 is 0 Å². The Labute approximate surface area is 86.3 Å². The van der Waals surface area contributed by atoms with E-state index in [1.165, 1.54) is 22.3 Å². The summed E-state index contributed by atoms with van der Waals surface area (Å²) in [5.41, 5.74) is 11.9. The molecule has 1 fully saturated rings. The molecule has 0 radical (unpaired) electrons. The van der Waals surface area contributed by atoms with Crippen LogP contribution in [0.2, 0.25) is 0 Å². The van der Waals surface area contributed by atoms with Gasteiger partial charge in [0.15, 0.2) is 0 Å². The number of benzene rings is 1. The van der Waals surface area contributed by atoms with Gasteiger partial charge in [0, 0.05) is 5.54 Å². The van der Waals surface area contributed by atoms with Gasteiger partial charge in [-0.3, -0.25) is 0 Å². The van der Waals surface area contributed by atoms with Crippen LogP contribution in [-0.2, 0) is 12.0 Å². The molecule has 1 saturated carbocycles. The van der Waals surface area contributed by atoms with Crippen molar-refractivity contribution in [1.82, 2.24) is 0 Å². The molecule has 0 heterocycles. The van der Waals surface area contributed by atoms with Gasteiger partial charge in [0.1, 0.15) is 0 Å². The fourth-order valence-electron chi connectivity index (χ4n) is 2.06. The van der Waals surface area contributed by atoms with E-state index in [9.17, 15) is 0 Å². The maximum atomic E-state index is 6.26. The Morgan fingerprint density at radius 1 is 1.29 bits per heavy atom. The van der Waals surface area contributed by atoms with Crippen molar-refractivity contribution in [2.45, 2.75) is 45.6 Å². The van der Waals surface area contributed by atoms with Gasteiger partial charge in [-0.1, -0.05) is 19.1 Å². The summed E-state index contributed by atoms with van der Waals surface area (Å²) in [6, 6.07) is 4.58.